The van der Waals surface area contributed by atoms with Gasteiger partial charge in [0.05, 0.1) is 11.3 Å². The summed E-state index contributed by atoms with van der Waals surface area (Å²) in [4.78, 5) is 38.4. The average Bonchev–Trinajstić information content (AvgIpc) is 3.20. The van der Waals surface area contributed by atoms with Crippen molar-refractivity contribution < 1.29 is 14.3 Å². The number of nitrogens with zero attached hydrogens (tertiary/aromatic N) is 2. The molecule has 0 spiro atoms. The van der Waals surface area contributed by atoms with Crippen LogP contribution in [0.4, 0.5) is 5.69 Å². The first-order chi connectivity index (χ1) is 14.6. The van der Waals surface area contributed by atoms with E-state index in [1.54, 1.807) is 36.4 Å². The molecule has 1 aliphatic heterocycles. The van der Waals surface area contributed by atoms with Crippen molar-refractivity contribution in [2.24, 2.45) is 0 Å². The molecule has 2 aromatic heterocycles. The summed E-state index contributed by atoms with van der Waals surface area (Å²) in [6.07, 6.45) is 1.28. The number of imidazole rings is 1. The third-order valence-corrected chi connectivity index (χ3v) is 4.91. The number of benzene rings is 2. The highest BCUT2D eigenvalue weighted by atomic mass is 35.5. The van der Waals surface area contributed by atoms with Crippen LogP contribution in [0.5, 0.6) is 11.5 Å². The molecule has 0 radical (unpaired) electrons. The number of rotatable bonds is 3. The van der Waals surface area contributed by atoms with Crippen molar-refractivity contribution >= 4 is 34.4 Å². The second kappa shape index (κ2) is 7.20. The highest BCUT2D eigenvalue weighted by Gasteiger charge is 2.17. The first kappa shape index (κ1) is 18.2. The summed E-state index contributed by atoms with van der Waals surface area (Å²) in [6.45, 7) is 0.920. The number of ether oxygens (including phenoxy) is 2. The Morgan fingerprint density at radius 1 is 1.10 bits per heavy atom. The van der Waals surface area contributed by atoms with Gasteiger partial charge in [0.2, 0.25) is 0 Å². The Bertz CT molecular complexity index is 1350. The van der Waals surface area contributed by atoms with Crippen molar-refractivity contribution in [2.75, 3.05) is 18.5 Å². The Morgan fingerprint density at radius 2 is 1.93 bits per heavy atom. The number of carbonyl (C=O) groups excluding carboxylic acids is 1. The SMILES string of the molecule is O=C(Nc1ccc(Cl)c(-c2nc3nc[nH]c(=O)c3[nH]2)c1)c1ccc2c(c1)OCCO2. The normalized spacial score (nSPS) is 12.7. The molecule has 0 saturated heterocycles. The standard InChI is InChI=1S/C20H14ClN5O4/c21-13-3-2-11(8-12(13)17-25-16-18(26-17)22-9-23-20(16)28)24-19(27)10-1-4-14-15(7-10)30-6-5-29-14/h1-4,7-9H,5-6H2,(H,24,27)(H2,22,23,25,26,28). The van der Waals surface area contributed by atoms with Gasteiger partial charge >= 0.3 is 0 Å². The van der Waals surface area contributed by atoms with Gasteiger partial charge < -0.3 is 24.8 Å². The maximum Gasteiger partial charge on any atom is 0.276 e. The topological polar surface area (TPSA) is 122 Å². The predicted molar refractivity (Wildman–Crippen MR) is 110 cm³/mol. The summed E-state index contributed by atoms with van der Waals surface area (Å²) in [5.41, 5.74) is 1.64. The van der Waals surface area contributed by atoms with Crippen LogP contribution in [-0.2, 0) is 0 Å². The van der Waals surface area contributed by atoms with E-state index in [-0.39, 0.29) is 22.6 Å². The van der Waals surface area contributed by atoms with Gasteiger partial charge in [-0.2, -0.15) is 0 Å². The molecular weight excluding hydrogens is 410 g/mol. The lowest BCUT2D eigenvalue weighted by Crippen LogP contribution is -2.17. The Hall–Kier alpha value is -3.85. The molecule has 0 fully saturated rings. The van der Waals surface area contributed by atoms with Gasteiger partial charge in [-0.25, -0.2) is 9.97 Å². The Balaban J connectivity index is 1.45. The number of aromatic amines is 2. The zero-order valence-corrected chi connectivity index (χ0v) is 16.1. The summed E-state index contributed by atoms with van der Waals surface area (Å²) in [5.74, 6) is 1.20. The van der Waals surface area contributed by atoms with Crippen LogP contribution in [0, 0.1) is 0 Å². The zero-order valence-electron chi connectivity index (χ0n) is 15.4. The molecule has 1 amide bonds. The minimum absolute atomic E-state index is 0.245. The van der Waals surface area contributed by atoms with E-state index in [9.17, 15) is 9.59 Å². The summed E-state index contributed by atoms with van der Waals surface area (Å²) < 4.78 is 11.0. The molecular formula is C20H14ClN5O4. The second-order valence-corrected chi connectivity index (χ2v) is 6.93. The van der Waals surface area contributed by atoms with E-state index in [1.165, 1.54) is 6.33 Å². The molecule has 3 N–H and O–H groups in total. The van der Waals surface area contributed by atoms with Crippen molar-refractivity contribution in [2.45, 2.75) is 0 Å². The van der Waals surface area contributed by atoms with Crippen LogP contribution in [-0.4, -0.2) is 39.1 Å². The van der Waals surface area contributed by atoms with Crippen LogP contribution in [0.2, 0.25) is 5.02 Å². The molecule has 5 rings (SSSR count). The number of amides is 1. The monoisotopic (exact) mass is 423 g/mol. The molecule has 9 nitrogen and oxygen atoms in total. The predicted octanol–water partition coefficient (Wildman–Crippen LogP) is 2.99. The molecule has 3 heterocycles. The first-order valence-electron chi connectivity index (χ1n) is 9.03. The highest BCUT2D eigenvalue weighted by Crippen LogP contribution is 2.32. The maximum atomic E-state index is 12.7. The van der Waals surface area contributed by atoms with Gasteiger partial charge in [0.15, 0.2) is 22.7 Å². The lowest BCUT2D eigenvalue weighted by Gasteiger charge is -2.18. The number of H-pyrrole nitrogens is 2. The second-order valence-electron chi connectivity index (χ2n) is 6.52. The molecule has 0 saturated carbocycles. The first-order valence-corrected chi connectivity index (χ1v) is 9.40. The van der Waals surface area contributed by atoms with Gasteiger partial charge in [0.1, 0.15) is 19.0 Å². The van der Waals surface area contributed by atoms with Crippen molar-refractivity contribution in [1.29, 1.82) is 0 Å². The number of anilines is 1. The summed E-state index contributed by atoms with van der Waals surface area (Å²) >= 11 is 6.32. The van der Waals surface area contributed by atoms with Crippen LogP contribution >= 0.6 is 11.6 Å². The fourth-order valence-electron chi connectivity index (χ4n) is 3.14. The molecule has 150 valence electrons. The van der Waals surface area contributed by atoms with E-state index in [4.69, 9.17) is 21.1 Å². The number of aromatic nitrogens is 4. The molecule has 0 bridgehead atoms. The molecule has 1 aliphatic rings. The van der Waals surface area contributed by atoms with Crippen LogP contribution in [0.25, 0.3) is 22.6 Å². The minimum atomic E-state index is -0.335. The van der Waals surface area contributed by atoms with E-state index < -0.39 is 0 Å². The van der Waals surface area contributed by atoms with Gasteiger partial charge in [0, 0.05) is 16.8 Å². The van der Waals surface area contributed by atoms with Crippen LogP contribution in [0.15, 0.2) is 47.5 Å². The fourth-order valence-corrected chi connectivity index (χ4v) is 3.35. The Labute approximate surface area is 174 Å². The zero-order chi connectivity index (χ0) is 20.7. The fraction of sp³-hybridized carbons (Fsp3) is 0.100. The maximum absolute atomic E-state index is 12.7. The van der Waals surface area contributed by atoms with E-state index in [0.717, 1.165) is 0 Å². The third kappa shape index (κ3) is 3.25. The summed E-state index contributed by atoms with van der Waals surface area (Å²) in [5, 5.41) is 3.23. The van der Waals surface area contributed by atoms with Gasteiger partial charge in [-0.3, -0.25) is 9.59 Å². The van der Waals surface area contributed by atoms with Crippen molar-refractivity contribution in [3.8, 4) is 22.9 Å². The average molecular weight is 424 g/mol. The van der Waals surface area contributed by atoms with Crippen molar-refractivity contribution in [3.63, 3.8) is 0 Å². The van der Waals surface area contributed by atoms with Crippen LogP contribution in [0.3, 0.4) is 0 Å². The molecule has 4 aromatic rings. The lowest BCUT2D eigenvalue weighted by molar-refractivity contribution is 0.102. The number of hydrogen-bond acceptors (Lipinski definition) is 6. The van der Waals surface area contributed by atoms with Crippen molar-refractivity contribution in [1.82, 2.24) is 19.9 Å². The summed E-state index contributed by atoms with van der Waals surface area (Å²) in [7, 11) is 0. The molecule has 2 aromatic carbocycles. The number of hydrogen-bond donors (Lipinski definition) is 3. The largest absolute Gasteiger partial charge is 0.486 e. The third-order valence-electron chi connectivity index (χ3n) is 4.58. The quantitative estimate of drug-likeness (QED) is 0.465. The van der Waals surface area contributed by atoms with E-state index >= 15 is 0 Å². The molecule has 10 heteroatoms. The Kier molecular flexibility index (Phi) is 4.36. The smallest absolute Gasteiger partial charge is 0.276 e. The lowest BCUT2D eigenvalue weighted by atomic mass is 10.1. The van der Waals surface area contributed by atoms with Gasteiger partial charge in [-0.15, -0.1) is 0 Å². The van der Waals surface area contributed by atoms with E-state index in [2.05, 4.69) is 25.3 Å². The molecule has 0 unspecified atom stereocenters. The van der Waals surface area contributed by atoms with Crippen LogP contribution in [0.1, 0.15) is 10.4 Å². The number of nitrogens with one attached hydrogen (secondary N) is 3. The van der Waals surface area contributed by atoms with E-state index in [0.29, 0.717) is 52.4 Å². The van der Waals surface area contributed by atoms with Crippen LogP contribution < -0.4 is 20.3 Å². The number of fused-ring (bicyclic) bond motifs is 2. The number of carbonyl (C=O) groups is 1. The molecule has 30 heavy (non-hydrogen) atoms. The highest BCUT2D eigenvalue weighted by molar-refractivity contribution is 6.33. The molecule has 0 aliphatic carbocycles. The Morgan fingerprint density at radius 3 is 2.77 bits per heavy atom. The number of halogens is 1. The minimum Gasteiger partial charge on any atom is -0.486 e. The van der Waals surface area contributed by atoms with Gasteiger partial charge in [-0.1, -0.05) is 11.6 Å². The summed E-state index contributed by atoms with van der Waals surface area (Å²) in [6, 6.07) is 9.99. The van der Waals surface area contributed by atoms with Gasteiger partial charge in [0.25, 0.3) is 11.5 Å². The van der Waals surface area contributed by atoms with Crippen molar-refractivity contribution in [3.05, 3.63) is 63.7 Å². The van der Waals surface area contributed by atoms with E-state index in [1.807, 2.05) is 0 Å². The van der Waals surface area contributed by atoms with Gasteiger partial charge in [-0.05, 0) is 36.4 Å². The molecule has 0 atom stereocenters.